The van der Waals surface area contributed by atoms with Crippen LogP contribution >= 0.6 is 11.6 Å². The third kappa shape index (κ3) is 6.62. The number of aliphatic hydroxyl groups is 1. The van der Waals surface area contributed by atoms with E-state index in [9.17, 15) is 18.3 Å². The largest absolute Gasteiger partial charge is 0.487 e. The molecule has 0 unspecified atom stereocenters. The Kier molecular flexibility index (Phi) is 9.09. The average molecular weight is 627 g/mol. The van der Waals surface area contributed by atoms with Crippen LogP contribution in [-0.2, 0) is 23.1 Å². The minimum absolute atomic E-state index is 0.0302. The van der Waals surface area contributed by atoms with Crippen molar-refractivity contribution in [1.82, 2.24) is 4.72 Å². The number of nitrogens with zero attached hydrogens (tertiary/aromatic N) is 1. The minimum Gasteiger partial charge on any atom is -0.487 e. The molecule has 232 valence electrons. The van der Waals surface area contributed by atoms with Crippen LogP contribution in [0.5, 0.6) is 5.75 Å². The van der Waals surface area contributed by atoms with Crippen LogP contribution in [0.15, 0.2) is 48.6 Å². The predicted octanol–water partition coefficient (Wildman–Crippen LogP) is 6.27. The first-order valence-corrected chi connectivity index (χ1v) is 17.8. The Balaban J connectivity index is 1.38. The van der Waals surface area contributed by atoms with Crippen LogP contribution in [-0.4, -0.2) is 43.9 Å². The van der Waals surface area contributed by atoms with Crippen molar-refractivity contribution in [2.75, 3.05) is 18.0 Å². The van der Waals surface area contributed by atoms with E-state index >= 15 is 0 Å². The smallest absolute Gasteiger partial charge is 0.264 e. The summed E-state index contributed by atoms with van der Waals surface area (Å²) < 4.78 is 36.3. The quantitative estimate of drug-likeness (QED) is 0.362. The molecule has 2 saturated carbocycles. The van der Waals surface area contributed by atoms with Crippen LogP contribution < -0.4 is 14.4 Å². The van der Waals surface area contributed by atoms with Crippen molar-refractivity contribution in [3.8, 4) is 5.75 Å². The standard InChI is InChI=1S/C34H43ClN2O5S/c1-22-6-4-10-31(38)29-15-12-26(29)20-37-17-3-2-7-24-18-28(35)14-11-27(24)21-42-32-16-13-25(19-30(32)37)34(39)36-43(40,41)33(22)23-8-5-9-23/h4,10-11,13-14,16,18-19,22-23,26,29,31,33,38H,2-3,5-9,12,15,17,20-21H2,1H3,(H,36,39)/b10-4+/t22-,26-,29+,31-,33+/m0/s1. The van der Waals surface area contributed by atoms with Crippen molar-refractivity contribution in [1.29, 1.82) is 0 Å². The second-order valence-electron chi connectivity index (χ2n) is 13.1. The van der Waals surface area contributed by atoms with E-state index in [-0.39, 0.29) is 17.8 Å². The summed E-state index contributed by atoms with van der Waals surface area (Å²) in [6.45, 7) is 3.80. The summed E-state index contributed by atoms with van der Waals surface area (Å²) in [6, 6.07) is 11.2. The van der Waals surface area contributed by atoms with Gasteiger partial charge in [0.25, 0.3) is 5.91 Å². The number of allylic oxidation sites excluding steroid dienone is 1. The van der Waals surface area contributed by atoms with Crippen LogP contribution in [0, 0.1) is 23.7 Å². The summed E-state index contributed by atoms with van der Waals surface area (Å²) >= 11 is 6.32. The van der Waals surface area contributed by atoms with E-state index in [0.29, 0.717) is 35.3 Å². The van der Waals surface area contributed by atoms with Gasteiger partial charge in [0.1, 0.15) is 12.4 Å². The van der Waals surface area contributed by atoms with Gasteiger partial charge in [-0.3, -0.25) is 4.79 Å². The van der Waals surface area contributed by atoms with Gasteiger partial charge in [-0.05, 0) is 116 Å². The van der Waals surface area contributed by atoms with E-state index in [4.69, 9.17) is 16.3 Å². The molecular formula is C34H43ClN2O5S. The number of benzene rings is 2. The number of halogens is 1. The number of aliphatic hydroxyl groups excluding tert-OH is 1. The molecule has 6 rings (SSSR count). The fourth-order valence-corrected chi connectivity index (χ4v) is 9.60. The Labute approximate surface area is 260 Å². The second kappa shape index (κ2) is 12.8. The van der Waals surface area contributed by atoms with Gasteiger partial charge in [0.15, 0.2) is 0 Å². The molecule has 5 atom stereocenters. The molecule has 1 amide bonds. The molecule has 2 aliphatic heterocycles. The average Bonchev–Trinajstić information content (AvgIpc) is 2.95. The second-order valence-corrected chi connectivity index (χ2v) is 15.3. The van der Waals surface area contributed by atoms with E-state index in [1.807, 2.05) is 37.3 Å². The fraction of sp³-hybridized carbons (Fsp3) is 0.559. The molecule has 0 saturated heterocycles. The summed E-state index contributed by atoms with van der Waals surface area (Å²) in [6.07, 6.45) is 11.3. The lowest BCUT2D eigenvalue weighted by molar-refractivity contribution is 0.0460. The van der Waals surface area contributed by atoms with Crippen molar-refractivity contribution in [3.05, 3.63) is 70.3 Å². The molecule has 9 heteroatoms. The molecule has 2 N–H and O–H groups in total. The molecule has 0 aromatic heterocycles. The molecule has 0 radical (unpaired) electrons. The van der Waals surface area contributed by atoms with Crippen molar-refractivity contribution in [2.24, 2.45) is 23.7 Å². The van der Waals surface area contributed by atoms with Gasteiger partial charge in [-0.2, -0.15) is 0 Å². The number of ether oxygens (including phenoxy) is 1. The number of carbonyl (C=O) groups excluding carboxylic acids is 1. The zero-order chi connectivity index (χ0) is 30.1. The number of anilines is 1. The Morgan fingerprint density at radius 1 is 1.00 bits per heavy atom. The van der Waals surface area contributed by atoms with Crippen molar-refractivity contribution in [2.45, 2.75) is 82.7 Å². The lowest BCUT2D eigenvalue weighted by Gasteiger charge is -2.42. The van der Waals surface area contributed by atoms with Gasteiger partial charge in [-0.15, -0.1) is 0 Å². The number of nitrogens with one attached hydrogen (secondary N) is 1. The van der Waals surface area contributed by atoms with Gasteiger partial charge in [-0.25, -0.2) is 13.1 Å². The van der Waals surface area contributed by atoms with Crippen LogP contribution in [0.1, 0.15) is 79.8 Å². The van der Waals surface area contributed by atoms with E-state index in [1.54, 1.807) is 18.2 Å². The molecule has 7 nitrogen and oxygen atoms in total. The summed E-state index contributed by atoms with van der Waals surface area (Å²) in [5.41, 5.74) is 3.35. The molecular weight excluding hydrogens is 584 g/mol. The van der Waals surface area contributed by atoms with Crippen molar-refractivity contribution < 1.29 is 23.1 Å². The maximum Gasteiger partial charge on any atom is 0.264 e. The molecule has 2 heterocycles. The number of sulfonamides is 1. The zero-order valence-electron chi connectivity index (χ0n) is 24.9. The maximum absolute atomic E-state index is 13.7. The molecule has 43 heavy (non-hydrogen) atoms. The SMILES string of the molecule is C[C@H]1C/C=C/[C@H](O)[C@@H]2CC[C@H]2CN2CCCCc3cc(Cl)ccc3COc3ccc(cc32)C(=O)NS(=O)(=O)[C@H]1C1CCC1. The monoisotopic (exact) mass is 626 g/mol. The molecule has 2 bridgehead atoms. The summed E-state index contributed by atoms with van der Waals surface area (Å²) in [7, 11) is -3.93. The molecule has 2 aromatic rings. The highest BCUT2D eigenvalue weighted by molar-refractivity contribution is 7.90. The van der Waals surface area contributed by atoms with Crippen molar-refractivity contribution >= 4 is 33.2 Å². The third-order valence-electron chi connectivity index (χ3n) is 10.2. The molecule has 4 aliphatic rings. The Bertz CT molecular complexity index is 1470. The Morgan fingerprint density at radius 2 is 1.84 bits per heavy atom. The molecule has 0 spiro atoms. The number of carbonyl (C=O) groups is 1. The Morgan fingerprint density at radius 3 is 2.58 bits per heavy atom. The van der Waals surface area contributed by atoms with Gasteiger partial charge >= 0.3 is 0 Å². The first-order valence-electron chi connectivity index (χ1n) is 15.9. The minimum atomic E-state index is -3.93. The van der Waals surface area contributed by atoms with Crippen LogP contribution in [0.3, 0.4) is 0 Å². The number of rotatable bonds is 1. The summed E-state index contributed by atoms with van der Waals surface area (Å²) in [5, 5.41) is 11.2. The Hall–Kier alpha value is -2.55. The van der Waals surface area contributed by atoms with E-state index in [0.717, 1.165) is 75.7 Å². The van der Waals surface area contributed by atoms with E-state index < -0.39 is 27.3 Å². The molecule has 2 aromatic carbocycles. The van der Waals surface area contributed by atoms with Gasteiger partial charge in [-0.1, -0.05) is 43.2 Å². The number of aryl methyl sites for hydroxylation is 1. The number of amides is 1. The summed E-state index contributed by atoms with van der Waals surface area (Å²) in [4.78, 5) is 15.9. The van der Waals surface area contributed by atoms with Crippen LogP contribution in [0.25, 0.3) is 0 Å². The van der Waals surface area contributed by atoms with Gasteiger partial charge in [0, 0.05) is 23.7 Å². The lowest BCUT2D eigenvalue weighted by Crippen LogP contribution is -2.47. The van der Waals surface area contributed by atoms with Gasteiger partial charge in [0.2, 0.25) is 10.0 Å². The lowest BCUT2D eigenvalue weighted by atomic mass is 9.70. The normalized spacial score (nSPS) is 30.6. The highest BCUT2D eigenvalue weighted by Gasteiger charge is 2.42. The molecule has 2 fully saturated rings. The fourth-order valence-electron chi connectivity index (χ4n) is 7.39. The number of hydrogen-bond donors (Lipinski definition) is 2. The van der Waals surface area contributed by atoms with E-state index in [2.05, 4.69) is 9.62 Å². The summed E-state index contributed by atoms with van der Waals surface area (Å²) in [5.74, 6) is 0.347. The number of fused-ring (bicyclic) bond motifs is 3. The topological polar surface area (TPSA) is 95.9 Å². The first kappa shape index (κ1) is 30.5. The maximum atomic E-state index is 13.7. The number of hydrogen-bond acceptors (Lipinski definition) is 6. The predicted molar refractivity (Wildman–Crippen MR) is 170 cm³/mol. The zero-order valence-corrected chi connectivity index (χ0v) is 26.5. The van der Waals surface area contributed by atoms with Crippen LogP contribution in [0.4, 0.5) is 5.69 Å². The van der Waals surface area contributed by atoms with Crippen molar-refractivity contribution in [3.63, 3.8) is 0 Å². The highest BCUT2D eigenvalue weighted by Crippen LogP contribution is 2.42. The third-order valence-corrected chi connectivity index (χ3v) is 12.5. The highest BCUT2D eigenvalue weighted by atomic mass is 35.5. The van der Waals surface area contributed by atoms with Gasteiger partial charge in [0.05, 0.1) is 17.0 Å². The van der Waals surface area contributed by atoms with E-state index in [1.165, 1.54) is 5.56 Å². The first-order chi connectivity index (χ1) is 20.7. The van der Waals surface area contributed by atoms with Gasteiger partial charge < -0.3 is 14.7 Å². The molecule has 2 aliphatic carbocycles. The van der Waals surface area contributed by atoms with Crippen LogP contribution in [0.2, 0.25) is 5.02 Å².